The molecule has 0 aliphatic carbocycles. The third-order valence-electron chi connectivity index (χ3n) is 5.01. The Morgan fingerprint density at radius 3 is 3.07 bits per heavy atom. The molecule has 28 heavy (non-hydrogen) atoms. The number of nitrogens with zero attached hydrogens (tertiary/aromatic N) is 3. The number of carbonyl (C=O) groups excluding carboxylic acids is 1. The van der Waals surface area contributed by atoms with Gasteiger partial charge in [-0.25, -0.2) is 4.98 Å². The Balaban J connectivity index is 1.46. The molecule has 1 N–H and O–H groups in total. The molecular formula is C21H21ClN4OS. The van der Waals surface area contributed by atoms with E-state index in [4.69, 9.17) is 11.6 Å². The second-order valence-electron chi connectivity index (χ2n) is 6.94. The molecule has 0 spiro atoms. The van der Waals surface area contributed by atoms with Crippen LogP contribution >= 0.6 is 22.9 Å². The van der Waals surface area contributed by atoms with E-state index in [2.05, 4.69) is 33.2 Å². The molecule has 1 fully saturated rings. The Labute approximate surface area is 173 Å². The molecule has 0 bridgehead atoms. The fourth-order valence-corrected chi connectivity index (χ4v) is 4.46. The third kappa shape index (κ3) is 4.24. The third-order valence-corrected chi connectivity index (χ3v) is 6.02. The molecular weight excluding hydrogens is 392 g/mol. The van der Waals surface area contributed by atoms with Crippen LogP contribution in [0.2, 0.25) is 5.02 Å². The lowest BCUT2D eigenvalue weighted by molar-refractivity contribution is 0.102. The summed E-state index contributed by atoms with van der Waals surface area (Å²) in [5.41, 5.74) is 3.86. The van der Waals surface area contributed by atoms with E-state index in [1.54, 1.807) is 24.3 Å². The van der Waals surface area contributed by atoms with E-state index in [9.17, 15) is 4.79 Å². The first kappa shape index (κ1) is 19.1. The van der Waals surface area contributed by atoms with E-state index >= 15 is 0 Å². The van der Waals surface area contributed by atoms with Crippen LogP contribution in [0.25, 0.3) is 0 Å². The van der Waals surface area contributed by atoms with Gasteiger partial charge in [-0.2, -0.15) is 0 Å². The van der Waals surface area contributed by atoms with Gasteiger partial charge in [0.2, 0.25) is 0 Å². The van der Waals surface area contributed by atoms with Crippen molar-refractivity contribution in [3.63, 3.8) is 0 Å². The summed E-state index contributed by atoms with van der Waals surface area (Å²) >= 11 is 7.43. The maximum absolute atomic E-state index is 12.4. The van der Waals surface area contributed by atoms with E-state index in [-0.39, 0.29) is 11.9 Å². The summed E-state index contributed by atoms with van der Waals surface area (Å²) in [5.74, 6) is -0.198. The molecule has 2 aromatic heterocycles. The van der Waals surface area contributed by atoms with Crippen molar-refractivity contribution in [1.29, 1.82) is 0 Å². The topological polar surface area (TPSA) is 58.1 Å². The molecule has 0 unspecified atom stereocenters. The molecule has 5 nitrogen and oxygen atoms in total. The summed E-state index contributed by atoms with van der Waals surface area (Å²) in [5, 5.41) is 6.08. The van der Waals surface area contributed by atoms with Gasteiger partial charge in [-0.05, 0) is 56.1 Å². The Kier molecular flexibility index (Phi) is 5.71. The zero-order valence-corrected chi connectivity index (χ0v) is 17.1. The number of anilines is 1. The van der Waals surface area contributed by atoms with Gasteiger partial charge >= 0.3 is 0 Å². The molecule has 1 aliphatic rings. The van der Waals surface area contributed by atoms with E-state index in [1.165, 1.54) is 16.9 Å². The van der Waals surface area contributed by atoms with Gasteiger partial charge in [-0.1, -0.05) is 23.7 Å². The average molecular weight is 413 g/mol. The molecule has 1 aliphatic heterocycles. The number of aryl methyl sites for hydroxylation is 1. The van der Waals surface area contributed by atoms with Gasteiger partial charge in [0.15, 0.2) is 5.13 Å². The zero-order valence-electron chi connectivity index (χ0n) is 15.6. The highest BCUT2D eigenvalue weighted by Crippen LogP contribution is 2.34. The Bertz CT molecular complexity index is 990. The van der Waals surface area contributed by atoms with Crippen molar-refractivity contribution in [1.82, 2.24) is 14.9 Å². The van der Waals surface area contributed by atoms with E-state index in [0.29, 0.717) is 15.7 Å². The van der Waals surface area contributed by atoms with Gasteiger partial charge in [0.25, 0.3) is 5.91 Å². The summed E-state index contributed by atoms with van der Waals surface area (Å²) in [6.45, 7) is 3.95. The van der Waals surface area contributed by atoms with Gasteiger partial charge < -0.3 is 0 Å². The number of pyridine rings is 1. The minimum absolute atomic E-state index is 0.198. The molecule has 0 saturated carbocycles. The molecule has 3 heterocycles. The highest BCUT2D eigenvalue weighted by atomic mass is 35.5. The van der Waals surface area contributed by atoms with Crippen LogP contribution in [-0.2, 0) is 6.54 Å². The first-order chi connectivity index (χ1) is 13.6. The van der Waals surface area contributed by atoms with E-state index in [1.807, 2.05) is 17.6 Å². The monoisotopic (exact) mass is 412 g/mol. The highest BCUT2D eigenvalue weighted by molar-refractivity contribution is 7.14. The van der Waals surface area contributed by atoms with Crippen LogP contribution in [0.3, 0.4) is 0 Å². The second kappa shape index (κ2) is 8.39. The van der Waals surface area contributed by atoms with Crippen LogP contribution in [0.4, 0.5) is 5.13 Å². The van der Waals surface area contributed by atoms with Crippen molar-refractivity contribution < 1.29 is 4.79 Å². The van der Waals surface area contributed by atoms with Crippen molar-refractivity contribution in [3.05, 3.63) is 75.5 Å². The summed E-state index contributed by atoms with van der Waals surface area (Å²) in [7, 11) is 0. The van der Waals surface area contributed by atoms with E-state index < -0.39 is 0 Å². The molecule has 1 atom stereocenters. The van der Waals surface area contributed by atoms with Crippen molar-refractivity contribution >= 4 is 34.0 Å². The SMILES string of the molecule is Cc1cccnc1CN1CCC[C@@H]1c1csc(NC(=O)c2cccc(Cl)c2)n1. The van der Waals surface area contributed by atoms with Crippen molar-refractivity contribution in [2.45, 2.75) is 32.4 Å². The smallest absolute Gasteiger partial charge is 0.257 e. The molecule has 0 radical (unpaired) electrons. The number of aromatic nitrogens is 2. The lowest BCUT2D eigenvalue weighted by atomic mass is 10.1. The van der Waals surface area contributed by atoms with Gasteiger partial charge in [-0.3, -0.25) is 20.0 Å². The van der Waals surface area contributed by atoms with Crippen LogP contribution < -0.4 is 5.32 Å². The van der Waals surface area contributed by atoms with Crippen molar-refractivity contribution in [3.8, 4) is 0 Å². The zero-order chi connectivity index (χ0) is 19.5. The minimum atomic E-state index is -0.198. The number of hydrogen-bond acceptors (Lipinski definition) is 5. The lowest BCUT2D eigenvalue weighted by Crippen LogP contribution is -2.24. The lowest BCUT2D eigenvalue weighted by Gasteiger charge is -2.23. The number of carbonyl (C=O) groups is 1. The van der Waals surface area contributed by atoms with Crippen molar-refractivity contribution in [2.24, 2.45) is 0 Å². The standard InChI is InChI=1S/C21H21ClN4OS/c1-14-5-3-9-23-17(14)12-26-10-4-8-19(26)18-13-28-21(24-18)25-20(27)15-6-2-7-16(22)11-15/h2-3,5-7,9,11,13,19H,4,8,10,12H2,1H3,(H,24,25,27)/t19-/m1/s1. The molecule has 1 aromatic carbocycles. The summed E-state index contributed by atoms with van der Waals surface area (Å²) in [6, 6.07) is 11.2. The maximum Gasteiger partial charge on any atom is 0.257 e. The molecule has 1 saturated heterocycles. The van der Waals surface area contributed by atoms with Crippen LogP contribution in [0.5, 0.6) is 0 Å². The number of rotatable bonds is 5. The number of likely N-dealkylation sites (tertiary alicyclic amines) is 1. The number of nitrogens with one attached hydrogen (secondary N) is 1. The highest BCUT2D eigenvalue weighted by Gasteiger charge is 2.28. The quantitative estimate of drug-likeness (QED) is 0.634. The molecule has 144 valence electrons. The van der Waals surface area contributed by atoms with Gasteiger partial charge in [-0.15, -0.1) is 11.3 Å². The molecule has 7 heteroatoms. The van der Waals surface area contributed by atoms with Gasteiger partial charge in [0.1, 0.15) is 0 Å². The van der Waals surface area contributed by atoms with Crippen LogP contribution in [0.1, 0.15) is 46.2 Å². The van der Waals surface area contributed by atoms with Crippen LogP contribution in [0.15, 0.2) is 48.0 Å². The molecule has 3 aromatic rings. The predicted octanol–water partition coefficient (Wildman–Crippen LogP) is 5.09. The summed E-state index contributed by atoms with van der Waals surface area (Å²) in [6.07, 6.45) is 4.05. The molecule has 4 rings (SSSR count). The number of thiazole rings is 1. The van der Waals surface area contributed by atoms with Gasteiger partial charge in [0.05, 0.1) is 17.4 Å². The second-order valence-corrected chi connectivity index (χ2v) is 8.23. The number of halogens is 1. The normalized spacial score (nSPS) is 17.0. The van der Waals surface area contributed by atoms with E-state index in [0.717, 1.165) is 37.3 Å². The Hall–Kier alpha value is -2.28. The summed E-state index contributed by atoms with van der Waals surface area (Å²) in [4.78, 5) is 24.1. The first-order valence-electron chi connectivity index (χ1n) is 9.27. The largest absolute Gasteiger partial charge is 0.298 e. The average Bonchev–Trinajstić information content (AvgIpc) is 3.33. The van der Waals surface area contributed by atoms with Crippen LogP contribution in [-0.4, -0.2) is 27.3 Å². The summed E-state index contributed by atoms with van der Waals surface area (Å²) < 4.78 is 0. The first-order valence-corrected chi connectivity index (χ1v) is 10.5. The number of amides is 1. The fourth-order valence-electron chi connectivity index (χ4n) is 3.52. The Morgan fingerprint density at radius 2 is 2.25 bits per heavy atom. The van der Waals surface area contributed by atoms with Gasteiger partial charge in [0, 0.05) is 28.7 Å². The number of benzene rings is 1. The van der Waals surface area contributed by atoms with Crippen LogP contribution in [0, 0.1) is 6.92 Å². The Morgan fingerprint density at radius 1 is 1.36 bits per heavy atom. The molecule has 1 amide bonds. The van der Waals surface area contributed by atoms with Crippen molar-refractivity contribution in [2.75, 3.05) is 11.9 Å². The fraction of sp³-hybridized carbons (Fsp3) is 0.286. The minimum Gasteiger partial charge on any atom is -0.298 e. The predicted molar refractivity (Wildman–Crippen MR) is 113 cm³/mol. The maximum atomic E-state index is 12.4. The number of hydrogen-bond donors (Lipinski definition) is 1.